The van der Waals surface area contributed by atoms with Crippen LogP contribution in [0.4, 0.5) is 0 Å². The van der Waals surface area contributed by atoms with Crippen molar-refractivity contribution in [2.24, 2.45) is 0 Å². The minimum atomic E-state index is -1.04. The van der Waals surface area contributed by atoms with Crippen LogP contribution in [0.15, 0.2) is 30.3 Å². The molecule has 3 heteroatoms. The summed E-state index contributed by atoms with van der Waals surface area (Å²) < 4.78 is 0. The highest BCUT2D eigenvalue weighted by atomic mass is 28.3. The van der Waals surface area contributed by atoms with E-state index in [1.165, 1.54) is 24.4 Å². The molecule has 106 valence electrons. The smallest absolute Gasteiger partial charge is 0.0786 e. The van der Waals surface area contributed by atoms with Gasteiger partial charge in [0.05, 0.1) is 6.10 Å². The molecule has 1 aliphatic heterocycles. The van der Waals surface area contributed by atoms with Gasteiger partial charge >= 0.3 is 0 Å². The monoisotopic (exact) mass is 277 g/mol. The minimum absolute atomic E-state index is 0.445. The zero-order chi connectivity index (χ0) is 13.9. The van der Waals surface area contributed by atoms with Gasteiger partial charge in [-0.2, -0.15) is 5.06 Å². The van der Waals surface area contributed by atoms with Crippen LogP contribution in [-0.2, 0) is 11.4 Å². The van der Waals surface area contributed by atoms with Crippen molar-refractivity contribution < 1.29 is 4.84 Å². The number of hydrogen-bond acceptors (Lipinski definition) is 2. The largest absolute Gasteiger partial charge is 0.295 e. The maximum atomic E-state index is 6.21. The molecule has 0 amide bonds. The topological polar surface area (TPSA) is 12.5 Å². The Morgan fingerprint density at radius 2 is 1.89 bits per heavy atom. The number of hydrogen-bond donors (Lipinski definition) is 0. The lowest BCUT2D eigenvalue weighted by Crippen LogP contribution is -2.28. The van der Waals surface area contributed by atoms with Crippen molar-refractivity contribution >= 4 is 8.07 Å². The van der Waals surface area contributed by atoms with Gasteiger partial charge in [0.2, 0.25) is 0 Å². The van der Waals surface area contributed by atoms with Crippen LogP contribution < -0.4 is 0 Å². The molecule has 1 saturated heterocycles. The molecule has 0 spiro atoms. The molecule has 0 bridgehead atoms. The van der Waals surface area contributed by atoms with Crippen molar-refractivity contribution in [1.82, 2.24) is 5.06 Å². The van der Waals surface area contributed by atoms with Gasteiger partial charge in [0.1, 0.15) is 0 Å². The van der Waals surface area contributed by atoms with Gasteiger partial charge in [-0.25, -0.2) is 0 Å². The molecule has 0 aliphatic carbocycles. The Hall–Kier alpha value is -0.643. The maximum absolute atomic E-state index is 6.21. The highest BCUT2D eigenvalue weighted by Crippen LogP contribution is 2.30. The predicted molar refractivity (Wildman–Crippen MR) is 83.7 cm³/mol. The van der Waals surface area contributed by atoms with E-state index < -0.39 is 8.07 Å². The molecule has 0 N–H and O–H groups in total. The van der Waals surface area contributed by atoms with Crippen LogP contribution in [0.25, 0.3) is 0 Å². The first-order valence-electron chi connectivity index (χ1n) is 7.45. The standard InChI is InChI=1S/C16H27NOSi/c1-5-15-11-16(13-19(2,3)4)18-17(15)12-14-9-7-6-8-10-14/h6-10,15-16H,5,11-13H2,1-4H3/t15-,16+/m1/s1. The van der Waals surface area contributed by atoms with Crippen molar-refractivity contribution in [2.75, 3.05) is 0 Å². The summed E-state index contributed by atoms with van der Waals surface area (Å²) in [6, 6.07) is 12.5. The average molecular weight is 277 g/mol. The fourth-order valence-electron chi connectivity index (χ4n) is 2.85. The molecule has 1 heterocycles. The summed E-state index contributed by atoms with van der Waals surface area (Å²) in [6.45, 7) is 10.5. The molecule has 2 nitrogen and oxygen atoms in total. The Bertz CT molecular complexity index is 387. The third-order valence-corrected chi connectivity index (χ3v) is 5.40. The van der Waals surface area contributed by atoms with E-state index in [1.807, 2.05) is 0 Å². The first-order valence-corrected chi connectivity index (χ1v) is 11.2. The quantitative estimate of drug-likeness (QED) is 0.744. The van der Waals surface area contributed by atoms with Crippen molar-refractivity contribution in [3.8, 4) is 0 Å². The molecule has 2 atom stereocenters. The van der Waals surface area contributed by atoms with Crippen molar-refractivity contribution in [3.05, 3.63) is 35.9 Å². The van der Waals surface area contributed by atoms with Gasteiger partial charge in [-0.1, -0.05) is 56.9 Å². The molecule has 0 radical (unpaired) electrons. The van der Waals surface area contributed by atoms with Gasteiger partial charge in [-0.3, -0.25) is 4.84 Å². The van der Waals surface area contributed by atoms with E-state index >= 15 is 0 Å². The van der Waals surface area contributed by atoms with Gasteiger partial charge in [0, 0.05) is 20.7 Å². The Labute approximate surface area is 118 Å². The van der Waals surface area contributed by atoms with Crippen LogP contribution >= 0.6 is 0 Å². The van der Waals surface area contributed by atoms with Crippen LogP contribution in [0.1, 0.15) is 25.3 Å². The van der Waals surface area contributed by atoms with Crippen LogP contribution in [0, 0.1) is 0 Å². The van der Waals surface area contributed by atoms with Gasteiger partial charge < -0.3 is 0 Å². The molecular weight excluding hydrogens is 250 g/mol. The molecule has 2 rings (SSSR count). The third-order valence-electron chi connectivity index (χ3n) is 3.72. The van der Waals surface area contributed by atoms with Crippen LogP contribution in [0.3, 0.4) is 0 Å². The minimum Gasteiger partial charge on any atom is -0.295 e. The Kier molecular flexibility index (Phi) is 4.82. The molecule has 0 saturated carbocycles. The molecule has 0 unspecified atom stereocenters. The SMILES string of the molecule is CC[C@@H]1C[C@@H](C[Si](C)(C)C)ON1Cc1ccccc1. The van der Waals surface area contributed by atoms with E-state index in [-0.39, 0.29) is 0 Å². The molecular formula is C16H27NOSi. The van der Waals surface area contributed by atoms with E-state index in [4.69, 9.17) is 4.84 Å². The molecule has 1 aromatic rings. The highest BCUT2D eigenvalue weighted by Gasteiger charge is 2.34. The van der Waals surface area contributed by atoms with Gasteiger partial charge in [0.25, 0.3) is 0 Å². The zero-order valence-corrected chi connectivity index (χ0v) is 13.7. The van der Waals surface area contributed by atoms with Crippen LogP contribution in [0.5, 0.6) is 0 Å². The first kappa shape index (κ1) is 14.8. The Morgan fingerprint density at radius 1 is 1.21 bits per heavy atom. The lowest BCUT2D eigenvalue weighted by atomic mass is 10.1. The number of rotatable bonds is 5. The highest BCUT2D eigenvalue weighted by molar-refractivity contribution is 6.76. The summed E-state index contributed by atoms with van der Waals surface area (Å²) in [5.74, 6) is 0. The summed E-state index contributed by atoms with van der Waals surface area (Å²) in [7, 11) is -1.04. The Balaban J connectivity index is 1.96. The summed E-state index contributed by atoms with van der Waals surface area (Å²) in [6.07, 6.45) is 2.82. The van der Waals surface area contributed by atoms with E-state index in [1.54, 1.807) is 0 Å². The molecule has 1 aromatic carbocycles. The molecule has 19 heavy (non-hydrogen) atoms. The molecule has 0 aromatic heterocycles. The zero-order valence-electron chi connectivity index (χ0n) is 12.7. The number of benzene rings is 1. The maximum Gasteiger partial charge on any atom is 0.0786 e. The van der Waals surface area contributed by atoms with Crippen molar-refractivity contribution in [2.45, 2.75) is 64.1 Å². The summed E-state index contributed by atoms with van der Waals surface area (Å²) >= 11 is 0. The normalized spacial score (nSPS) is 24.8. The third kappa shape index (κ3) is 4.44. The number of hydroxylamine groups is 2. The van der Waals surface area contributed by atoms with E-state index in [2.05, 4.69) is 62.0 Å². The fourth-order valence-corrected chi connectivity index (χ4v) is 4.45. The fraction of sp³-hybridized carbons (Fsp3) is 0.625. The second kappa shape index (κ2) is 6.20. The molecule has 1 fully saturated rings. The predicted octanol–water partition coefficient (Wildman–Crippen LogP) is 4.31. The van der Waals surface area contributed by atoms with Gasteiger partial charge in [-0.15, -0.1) is 0 Å². The second-order valence-electron chi connectivity index (χ2n) is 6.85. The Morgan fingerprint density at radius 3 is 2.47 bits per heavy atom. The van der Waals surface area contributed by atoms with E-state index in [0.29, 0.717) is 12.1 Å². The van der Waals surface area contributed by atoms with E-state index in [0.717, 1.165) is 6.54 Å². The van der Waals surface area contributed by atoms with Gasteiger partial charge in [-0.05, 0) is 24.4 Å². The summed E-state index contributed by atoms with van der Waals surface area (Å²) in [5, 5.41) is 2.22. The molecule has 1 aliphatic rings. The van der Waals surface area contributed by atoms with Crippen LogP contribution in [-0.4, -0.2) is 25.3 Å². The second-order valence-corrected chi connectivity index (χ2v) is 12.4. The number of nitrogens with zero attached hydrogens (tertiary/aromatic N) is 1. The average Bonchev–Trinajstić information content (AvgIpc) is 2.70. The van der Waals surface area contributed by atoms with Crippen molar-refractivity contribution in [1.29, 1.82) is 0 Å². The summed E-state index contributed by atoms with van der Waals surface area (Å²) in [5.41, 5.74) is 1.34. The lowest BCUT2D eigenvalue weighted by molar-refractivity contribution is -0.165. The van der Waals surface area contributed by atoms with Gasteiger partial charge in [0.15, 0.2) is 0 Å². The first-order chi connectivity index (χ1) is 8.98. The lowest BCUT2D eigenvalue weighted by Gasteiger charge is -2.23. The summed E-state index contributed by atoms with van der Waals surface area (Å²) in [4.78, 5) is 6.21. The van der Waals surface area contributed by atoms with E-state index in [9.17, 15) is 0 Å². The van der Waals surface area contributed by atoms with Crippen molar-refractivity contribution in [3.63, 3.8) is 0 Å². The van der Waals surface area contributed by atoms with Crippen LogP contribution in [0.2, 0.25) is 25.7 Å².